The first-order chi connectivity index (χ1) is 5.74. The third kappa shape index (κ3) is 2.50. The van der Waals surface area contributed by atoms with E-state index in [0.717, 1.165) is 30.6 Å². The molecule has 1 aliphatic carbocycles. The van der Waals surface area contributed by atoms with Gasteiger partial charge in [0, 0.05) is 13.0 Å². The topological polar surface area (TPSA) is 38.4 Å². The maximum absolute atomic E-state index is 5.65. The number of amidine groups is 1. The van der Waals surface area contributed by atoms with Crippen LogP contribution in [0.15, 0.2) is 4.99 Å². The molecule has 1 aliphatic rings. The van der Waals surface area contributed by atoms with Gasteiger partial charge >= 0.3 is 0 Å². The summed E-state index contributed by atoms with van der Waals surface area (Å²) in [7, 11) is 0. The fraction of sp³-hybridized carbons (Fsp3) is 0.900. The fourth-order valence-corrected chi connectivity index (χ4v) is 1.84. The van der Waals surface area contributed by atoms with Gasteiger partial charge in [-0.1, -0.05) is 26.7 Å². The summed E-state index contributed by atoms with van der Waals surface area (Å²) in [4.78, 5) is 4.37. The lowest BCUT2D eigenvalue weighted by molar-refractivity contribution is 0.430. The molecule has 2 N–H and O–H groups in total. The number of rotatable bonds is 3. The van der Waals surface area contributed by atoms with Crippen LogP contribution in [-0.2, 0) is 0 Å². The molecule has 0 amide bonds. The first-order valence-electron chi connectivity index (χ1n) is 5.02. The molecule has 0 aromatic carbocycles. The van der Waals surface area contributed by atoms with Crippen LogP contribution in [0.2, 0.25) is 0 Å². The molecule has 0 saturated heterocycles. The lowest BCUT2D eigenvalue weighted by atomic mass is 9.98. The Labute approximate surface area is 75.3 Å². The largest absolute Gasteiger partial charge is 0.387 e. The zero-order valence-electron chi connectivity index (χ0n) is 8.21. The van der Waals surface area contributed by atoms with Crippen molar-refractivity contribution in [3.8, 4) is 0 Å². The van der Waals surface area contributed by atoms with Crippen LogP contribution >= 0.6 is 0 Å². The van der Waals surface area contributed by atoms with Crippen molar-refractivity contribution < 1.29 is 0 Å². The maximum atomic E-state index is 5.65. The average Bonchev–Trinajstić information content (AvgIpc) is 2.47. The summed E-state index contributed by atoms with van der Waals surface area (Å²) >= 11 is 0. The Hall–Kier alpha value is -0.530. The Balaban J connectivity index is 2.31. The lowest BCUT2D eigenvalue weighted by Crippen LogP contribution is -2.14. The highest BCUT2D eigenvalue weighted by Gasteiger charge is 2.22. The Morgan fingerprint density at radius 3 is 2.75 bits per heavy atom. The van der Waals surface area contributed by atoms with Gasteiger partial charge in [-0.25, -0.2) is 0 Å². The molecular formula is C10H20N2. The molecule has 0 aromatic heterocycles. The van der Waals surface area contributed by atoms with Crippen molar-refractivity contribution in [2.45, 2.75) is 39.5 Å². The van der Waals surface area contributed by atoms with Gasteiger partial charge in [-0.3, -0.25) is 4.99 Å². The van der Waals surface area contributed by atoms with Gasteiger partial charge in [0.25, 0.3) is 0 Å². The summed E-state index contributed by atoms with van der Waals surface area (Å²) in [6.07, 6.45) is 5.00. The summed E-state index contributed by atoms with van der Waals surface area (Å²) in [5.74, 6) is 2.47. The monoisotopic (exact) mass is 168 g/mol. The molecule has 0 radical (unpaired) electrons. The summed E-state index contributed by atoms with van der Waals surface area (Å²) in [5.41, 5.74) is 5.65. The van der Waals surface area contributed by atoms with E-state index in [9.17, 15) is 0 Å². The maximum Gasteiger partial charge on any atom is 0.0934 e. The molecule has 0 aromatic rings. The van der Waals surface area contributed by atoms with Gasteiger partial charge in [-0.15, -0.1) is 0 Å². The van der Waals surface area contributed by atoms with Crippen LogP contribution in [0, 0.1) is 11.8 Å². The van der Waals surface area contributed by atoms with E-state index < -0.39 is 0 Å². The van der Waals surface area contributed by atoms with Gasteiger partial charge in [0.2, 0.25) is 0 Å². The van der Waals surface area contributed by atoms with Crippen molar-refractivity contribution in [2.75, 3.05) is 6.54 Å². The summed E-state index contributed by atoms with van der Waals surface area (Å²) in [5, 5.41) is 0. The van der Waals surface area contributed by atoms with Crippen LogP contribution in [-0.4, -0.2) is 12.4 Å². The van der Waals surface area contributed by atoms with Gasteiger partial charge in [0.1, 0.15) is 0 Å². The van der Waals surface area contributed by atoms with Crippen molar-refractivity contribution in [1.29, 1.82) is 0 Å². The van der Waals surface area contributed by atoms with E-state index in [1.54, 1.807) is 0 Å². The van der Waals surface area contributed by atoms with Gasteiger partial charge in [-0.2, -0.15) is 0 Å². The van der Waals surface area contributed by atoms with E-state index in [1.165, 1.54) is 19.3 Å². The Kier molecular flexibility index (Phi) is 3.57. The van der Waals surface area contributed by atoms with E-state index in [4.69, 9.17) is 5.73 Å². The van der Waals surface area contributed by atoms with Gasteiger partial charge in [0.15, 0.2) is 0 Å². The van der Waals surface area contributed by atoms with Crippen LogP contribution in [0.1, 0.15) is 39.5 Å². The van der Waals surface area contributed by atoms with Crippen molar-refractivity contribution in [3.63, 3.8) is 0 Å². The molecule has 70 valence electrons. The minimum atomic E-state index is 0.801. The fourth-order valence-electron chi connectivity index (χ4n) is 1.84. The van der Waals surface area contributed by atoms with Crippen LogP contribution < -0.4 is 5.73 Å². The molecule has 1 saturated carbocycles. The Morgan fingerprint density at radius 2 is 2.25 bits per heavy atom. The predicted octanol–water partition coefficient (Wildman–Crippen LogP) is 2.19. The highest BCUT2D eigenvalue weighted by molar-refractivity contribution is 5.79. The third-order valence-corrected chi connectivity index (χ3v) is 2.93. The molecule has 0 spiro atoms. The van der Waals surface area contributed by atoms with Crippen LogP contribution in [0.25, 0.3) is 0 Å². The van der Waals surface area contributed by atoms with Crippen molar-refractivity contribution >= 4 is 5.84 Å². The second kappa shape index (κ2) is 4.48. The van der Waals surface area contributed by atoms with E-state index in [1.807, 2.05) is 0 Å². The summed E-state index contributed by atoms with van der Waals surface area (Å²) in [6.45, 7) is 5.34. The molecule has 2 heteroatoms. The van der Waals surface area contributed by atoms with Crippen LogP contribution in [0.3, 0.4) is 0 Å². The first kappa shape index (κ1) is 9.56. The zero-order valence-corrected chi connectivity index (χ0v) is 8.21. The minimum absolute atomic E-state index is 0.801. The number of hydrogen-bond acceptors (Lipinski definition) is 1. The number of nitrogens with two attached hydrogens (primary N) is 1. The van der Waals surface area contributed by atoms with Gasteiger partial charge in [0.05, 0.1) is 5.84 Å². The predicted molar refractivity (Wildman–Crippen MR) is 53.3 cm³/mol. The smallest absolute Gasteiger partial charge is 0.0934 e. The van der Waals surface area contributed by atoms with Crippen molar-refractivity contribution in [1.82, 2.24) is 0 Å². The molecule has 2 atom stereocenters. The highest BCUT2D eigenvalue weighted by Crippen LogP contribution is 2.31. The van der Waals surface area contributed by atoms with Crippen molar-refractivity contribution in [2.24, 2.45) is 22.6 Å². The van der Waals surface area contributed by atoms with Crippen LogP contribution in [0.4, 0.5) is 0 Å². The Bertz CT molecular complexity index is 163. The second-order valence-electron chi connectivity index (χ2n) is 3.85. The van der Waals surface area contributed by atoms with Gasteiger partial charge < -0.3 is 5.73 Å². The molecule has 1 fully saturated rings. The third-order valence-electron chi connectivity index (χ3n) is 2.93. The first-order valence-corrected chi connectivity index (χ1v) is 5.02. The van der Waals surface area contributed by atoms with E-state index in [0.29, 0.717) is 0 Å². The van der Waals surface area contributed by atoms with E-state index >= 15 is 0 Å². The molecule has 2 nitrogen and oxygen atoms in total. The number of hydrogen-bond donors (Lipinski definition) is 1. The number of nitrogens with zero attached hydrogens (tertiary/aromatic N) is 1. The normalized spacial score (nSPS) is 31.0. The molecule has 0 heterocycles. The molecule has 12 heavy (non-hydrogen) atoms. The standard InChI is InChI=1S/C10H20N2/c1-3-10(11)12-7-9-6-4-5-8(9)2/h8-9H,3-7H2,1-2H3,(H2,11,12). The summed E-state index contributed by atoms with van der Waals surface area (Å²) in [6, 6.07) is 0. The average molecular weight is 168 g/mol. The molecule has 2 unspecified atom stereocenters. The highest BCUT2D eigenvalue weighted by atomic mass is 14.8. The zero-order chi connectivity index (χ0) is 8.97. The second-order valence-corrected chi connectivity index (χ2v) is 3.85. The van der Waals surface area contributed by atoms with E-state index in [-0.39, 0.29) is 0 Å². The van der Waals surface area contributed by atoms with E-state index in [2.05, 4.69) is 18.8 Å². The quantitative estimate of drug-likeness (QED) is 0.509. The minimum Gasteiger partial charge on any atom is -0.387 e. The number of aliphatic imine (C=N–C) groups is 1. The lowest BCUT2D eigenvalue weighted by Gasteiger charge is -2.11. The molecular weight excluding hydrogens is 148 g/mol. The van der Waals surface area contributed by atoms with Crippen LogP contribution in [0.5, 0.6) is 0 Å². The van der Waals surface area contributed by atoms with Gasteiger partial charge in [-0.05, 0) is 18.3 Å². The SMILES string of the molecule is CCC(N)=NCC1CCCC1C. The molecule has 0 bridgehead atoms. The molecule has 1 rings (SSSR count). The Morgan fingerprint density at radius 1 is 1.50 bits per heavy atom. The summed E-state index contributed by atoms with van der Waals surface area (Å²) < 4.78 is 0. The van der Waals surface area contributed by atoms with Crippen molar-refractivity contribution in [3.05, 3.63) is 0 Å². The molecule has 0 aliphatic heterocycles.